The molecular weight excluding hydrogens is 192 g/mol. The molecule has 0 radical (unpaired) electrons. The second kappa shape index (κ2) is 4.78. The maximum atomic E-state index is 6.23. The fourth-order valence-corrected chi connectivity index (χ4v) is 2.49. The first-order valence-corrected chi connectivity index (χ1v) is 5.85. The topological polar surface area (TPSA) is 47.7 Å². The summed E-state index contributed by atoms with van der Waals surface area (Å²) < 4.78 is 11.0. The maximum Gasteiger partial charge on any atom is 0.0702 e. The molecule has 15 heavy (non-hydrogen) atoms. The van der Waals surface area contributed by atoms with Gasteiger partial charge in [0, 0.05) is 26.3 Å². The minimum atomic E-state index is -0.132. The molecular formula is C11H22N2O2. The van der Waals surface area contributed by atoms with Gasteiger partial charge in [-0.3, -0.25) is 0 Å². The van der Waals surface area contributed by atoms with Crippen LogP contribution < -0.4 is 5.73 Å². The molecule has 0 bridgehead atoms. The molecule has 0 saturated carbocycles. The number of nitrogens with zero attached hydrogens (tertiary/aromatic N) is 1. The maximum absolute atomic E-state index is 6.23. The first-order chi connectivity index (χ1) is 7.18. The van der Waals surface area contributed by atoms with Gasteiger partial charge in [0.1, 0.15) is 0 Å². The van der Waals surface area contributed by atoms with E-state index in [-0.39, 0.29) is 5.54 Å². The van der Waals surface area contributed by atoms with Gasteiger partial charge >= 0.3 is 0 Å². The molecule has 2 aliphatic heterocycles. The van der Waals surface area contributed by atoms with Crippen molar-refractivity contribution in [2.24, 2.45) is 5.73 Å². The van der Waals surface area contributed by atoms with Crippen molar-refractivity contribution in [1.82, 2.24) is 4.90 Å². The van der Waals surface area contributed by atoms with E-state index in [4.69, 9.17) is 15.2 Å². The molecule has 88 valence electrons. The average Bonchev–Trinajstić information content (AvgIpc) is 2.76. The summed E-state index contributed by atoms with van der Waals surface area (Å²) in [5, 5.41) is 0. The molecule has 2 rings (SSSR count). The molecule has 0 spiro atoms. The molecule has 0 aromatic carbocycles. The summed E-state index contributed by atoms with van der Waals surface area (Å²) in [6.07, 6.45) is 3.79. The van der Waals surface area contributed by atoms with E-state index >= 15 is 0 Å². The lowest BCUT2D eigenvalue weighted by atomic mass is 9.99. The minimum absolute atomic E-state index is 0.132. The van der Waals surface area contributed by atoms with E-state index in [2.05, 4.69) is 11.9 Å². The highest BCUT2D eigenvalue weighted by molar-refractivity contribution is 4.91. The molecule has 0 amide bonds. The first kappa shape index (κ1) is 11.3. The monoisotopic (exact) mass is 214 g/mol. The van der Waals surface area contributed by atoms with E-state index < -0.39 is 0 Å². The third kappa shape index (κ3) is 3.14. The van der Waals surface area contributed by atoms with Crippen LogP contribution in [0.25, 0.3) is 0 Å². The van der Waals surface area contributed by atoms with Gasteiger partial charge in [-0.2, -0.15) is 0 Å². The van der Waals surface area contributed by atoms with Crippen LogP contribution in [0.15, 0.2) is 0 Å². The lowest BCUT2D eigenvalue weighted by molar-refractivity contribution is 0.0723. The number of likely N-dealkylation sites (N-methyl/N-ethyl adjacent to an activating group) is 1. The van der Waals surface area contributed by atoms with Gasteiger partial charge in [-0.15, -0.1) is 0 Å². The Morgan fingerprint density at radius 3 is 2.93 bits per heavy atom. The first-order valence-electron chi connectivity index (χ1n) is 5.85. The van der Waals surface area contributed by atoms with Gasteiger partial charge in [-0.1, -0.05) is 0 Å². The van der Waals surface area contributed by atoms with Crippen LogP contribution >= 0.6 is 0 Å². The number of rotatable bonds is 4. The quantitative estimate of drug-likeness (QED) is 0.727. The van der Waals surface area contributed by atoms with Gasteiger partial charge < -0.3 is 20.1 Å². The summed E-state index contributed by atoms with van der Waals surface area (Å²) in [5.41, 5.74) is 6.10. The van der Waals surface area contributed by atoms with E-state index in [1.807, 2.05) is 0 Å². The molecule has 2 aliphatic rings. The predicted molar refractivity (Wildman–Crippen MR) is 58.8 cm³/mol. The summed E-state index contributed by atoms with van der Waals surface area (Å²) in [7, 11) is 2.12. The summed E-state index contributed by atoms with van der Waals surface area (Å²) in [6, 6.07) is 0. The zero-order chi connectivity index (χ0) is 10.7. The average molecular weight is 214 g/mol. The fourth-order valence-electron chi connectivity index (χ4n) is 2.49. The lowest BCUT2D eigenvalue weighted by Gasteiger charge is -2.29. The normalized spacial score (nSPS) is 36.6. The molecule has 0 aliphatic carbocycles. The molecule has 4 heteroatoms. The largest absolute Gasteiger partial charge is 0.379 e. The highest BCUT2D eigenvalue weighted by Gasteiger charge is 2.32. The van der Waals surface area contributed by atoms with E-state index in [0.717, 1.165) is 32.7 Å². The molecule has 2 N–H and O–H groups in total. The third-order valence-electron chi connectivity index (χ3n) is 3.26. The van der Waals surface area contributed by atoms with Crippen molar-refractivity contribution in [3.8, 4) is 0 Å². The Balaban J connectivity index is 1.73. The van der Waals surface area contributed by atoms with Gasteiger partial charge in [-0.25, -0.2) is 0 Å². The molecule has 2 fully saturated rings. The van der Waals surface area contributed by atoms with Crippen LogP contribution in [0.1, 0.15) is 19.3 Å². The van der Waals surface area contributed by atoms with Crippen molar-refractivity contribution in [2.75, 3.05) is 40.0 Å². The lowest BCUT2D eigenvalue weighted by Crippen LogP contribution is -2.51. The highest BCUT2D eigenvalue weighted by atomic mass is 16.5. The molecule has 0 aromatic rings. The molecule has 2 heterocycles. The summed E-state index contributed by atoms with van der Waals surface area (Å²) >= 11 is 0. The van der Waals surface area contributed by atoms with E-state index in [1.165, 1.54) is 12.8 Å². The molecule has 2 unspecified atom stereocenters. The van der Waals surface area contributed by atoms with Crippen molar-refractivity contribution >= 4 is 0 Å². The number of hydrogen-bond donors (Lipinski definition) is 1. The van der Waals surface area contributed by atoms with Gasteiger partial charge in [0.25, 0.3) is 0 Å². The Morgan fingerprint density at radius 1 is 1.47 bits per heavy atom. The Hall–Kier alpha value is -0.160. The molecule has 2 saturated heterocycles. The van der Waals surface area contributed by atoms with Crippen LogP contribution in [-0.2, 0) is 9.47 Å². The van der Waals surface area contributed by atoms with Crippen molar-refractivity contribution in [1.29, 1.82) is 0 Å². The van der Waals surface area contributed by atoms with Crippen molar-refractivity contribution in [2.45, 2.75) is 30.9 Å². The standard InChI is InChI=1S/C11H22N2O2/c1-13(7-10-3-2-5-15-10)8-11(12)4-6-14-9-11/h10H,2-9,12H2,1H3. The van der Waals surface area contributed by atoms with Crippen molar-refractivity contribution in [3.63, 3.8) is 0 Å². The molecule has 0 aromatic heterocycles. The van der Waals surface area contributed by atoms with Crippen molar-refractivity contribution < 1.29 is 9.47 Å². The Kier molecular flexibility index (Phi) is 3.61. The van der Waals surface area contributed by atoms with Gasteiger partial charge in [0.15, 0.2) is 0 Å². The fraction of sp³-hybridized carbons (Fsp3) is 1.00. The smallest absolute Gasteiger partial charge is 0.0702 e. The SMILES string of the molecule is CN(CC1CCCO1)CC1(N)CCOC1. The van der Waals surface area contributed by atoms with Crippen LogP contribution in [-0.4, -0.2) is 56.5 Å². The zero-order valence-corrected chi connectivity index (χ0v) is 9.58. The van der Waals surface area contributed by atoms with Crippen LogP contribution in [0.4, 0.5) is 0 Å². The molecule has 2 atom stereocenters. The third-order valence-corrected chi connectivity index (χ3v) is 3.26. The summed E-state index contributed by atoms with van der Waals surface area (Å²) in [6.45, 7) is 4.34. The Labute approximate surface area is 91.7 Å². The second-order valence-corrected chi connectivity index (χ2v) is 5.00. The van der Waals surface area contributed by atoms with Gasteiger partial charge in [0.05, 0.1) is 18.2 Å². The second-order valence-electron chi connectivity index (χ2n) is 5.00. The Bertz CT molecular complexity index is 199. The van der Waals surface area contributed by atoms with Crippen molar-refractivity contribution in [3.05, 3.63) is 0 Å². The Morgan fingerprint density at radius 2 is 2.33 bits per heavy atom. The number of ether oxygens (including phenoxy) is 2. The minimum Gasteiger partial charge on any atom is -0.379 e. The summed E-state index contributed by atoms with van der Waals surface area (Å²) in [5.74, 6) is 0. The van der Waals surface area contributed by atoms with Crippen LogP contribution in [0.5, 0.6) is 0 Å². The van der Waals surface area contributed by atoms with Gasteiger partial charge in [-0.05, 0) is 26.3 Å². The highest BCUT2D eigenvalue weighted by Crippen LogP contribution is 2.18. The number of hydrogen-bond acceptors (Lipinski definition) is 4. The zero-order valence-electron chi connectivity index (χ0n) is 9.58. The van der Waals surface area contributed by atoms with E-state index in [9.17, 15) is 0 Å². The van der Waals surface area contributed by atoms with Crippen LogP contribution in [0.3, 0.4) is 0 Å². The van der Waals surface area contributed by atoms with Crippen LogP contribution in [0, 0.1) is 0 Å². The van der Waals surface area contributed by atoms with Crippen LogP contribution in [0.2, 0.25) is 0 Å². The predicted octanol–water partition coefficient (Wildman–Crippen LogP) is 0.215. The van der Waals surface area contributed by atoms with E-state index in [0.29, 0.717) is 12.7 Å². The number of nitrogens with two attached hydrogens (primary N) is 1. The summed E-state index contributed by atoms with van der Waals surface area (Å²) in [4.78, 5) is 2.28. The van der Waals surface area contributed by atoms with Gasteiger partial charge in [0.2, 0.25) is 0 Å². The molecule has 4 nitrogen and oxygen atoms in total. The van der Waals surface area contributed by atoms with E-state index in [1.54, 1.807) is 0 Å².